The second kappa shape index (κ2) is 5.07. The van der Waals surface area contributed by atoms with Gasteiger partial charge in [0.25, 0.3) is 5.91 Å². The van der Waals surface area contributed by atoms with E-state index in [-0.39, 0.29) is 5.91 Å². The quantitative estimate of drug-likeness (QED) is 0.757. The Morgan fingerprint density at radius 1 is 1.62 bits per heavy atom. The lowest BCUT2D eigenvalue weighted by Crippen LogP contribution is -2.44. The summed E-state index contributed by atoms with van der Waals surface area (Å²) in [5.74, 6) is -0.0244. The monoisotopic (exact) mass is 223 g/mol. The molecule has 0 bridgehead atoms. The van der Waals surface area contributed by atoms with Crippen molar-refractivity contribution in [3.8, 4) is 0 Å². The summed E-state index contributed by atoms with van der Waals surface area (Å²) in [5, 5.41) is 13.3. The highest BCUT2D eigenvalue weighted by molar-refractivity contribution is 5.91. The minimum absolute atomic E-state index is 0.0244. The summed E-state index contributed by atoms with van der Waals surface area (Å²) in [5.41, 5.74) is 0.405. The molecular formula is C10H17N5O. The van der Waals surface area contributed by atoms with Crippen molar-refractivity contribution in [2.45, 2.75) is 25.8 Å². The van der Waals surface area contributed by atoms with Gasteiger partial charge in [0.1, 0.15) is 0 Å². The minimum atomic E-state index is -0.0244. The Morgan fingerprint density at radius 2 is 2.38 bits per heavy atom. The van der Waals surface area contributed by atoms with E-state index in [0.717, 1.165) is 32.5 Å². The molecule has 0 spiro atoms. The van der Waals surface area contributed by atoms with E-state index in [4.69, 9.17) is 0 Å². The lowest BCUT2D eigenvalue weighted by molar-refractivity contribution is 0.0700. The van der Waals surface area contributed by atoms with Gasteiger partial charge in [-0.25, -0.2) is 0 Å². The molecule has 1 aliphatic heterocycles. The van der Waals surface area contributed by atoms with Crippen molar-refractivity contribution in [1.82, 2.24) is 25.6 Å². The van der Waals surface area contributed by atoms with Gasteiger partial charge in [0, 0.05) is 19.1 Å². The first kappa shape index (κ1) is 11.1. The topological polar surface area (TPSA) is 73.9 Å². The Hall–Kier alpha value is -1.43. The number of aromatic amines is 1. The molecule has 0 radical (unpaired) electrons. The second-order valence-electron chi connectivity index (χ2n) is 3.98. The summed E-state index contributed by atoms with van der Waals surface area (Å²) in [6.07, 6.45) is 3.49. The second-order valence-corrected chi connectivity index (χ2v) is 3.98. The predicted octanol–water partition coefficient (Wildman–Crippen LogP) is 0.0188. The average molecular weight is 223 g/mol. The number of aromatic nitrogens is 3. The molecule has 1 amide bonds. The highest BCUT2D eigenvalue weighted by Crippen LogP contribution is 2.12. The zero-order valence-electron chi connectivity index (χ0n) is 9.44. The van der Waals surface area contributed by atoms with Crippen LogP contribution in [0.25, 0.3) is 0 Å². The van der Waals surface area contributed by atoms with Crippen LogP contribution >= 0.6 is 0 Å². The smallest absolute Gasteiger partial charge is 0.276 e. The van der Waals surface area contributed by atoms with Crippen LogP contribution in [-0.2, 0) is 0 Å². The van der Waals surface area contributed by atoms with Gasteiger partial charge in [0.2, 0.25) is 0 Å². The number of amides is 1. The molecule has 1 aromatic rings. The van der Waals surface area contributed by atoms with Crippen molar-refractivity contribution < 1.29 is 4.79 Å². The number of hydrogen-bond acceptors (Lipinski definition) is 4. The molecule has 0 aliphatic carbocycles. The fourth-order valence-corrected chi connectivity index (χ4v) is 2.04. The van der Waals surface area contributed by atoms with Gasteiger partial charge in [0.15, 0.2) is 5.69 Å². The first-order valence-corrected chi connectivity index (χ1v) is 5.69. The van der Waals surface area contributed by atoms with Crippen LogP contribution in [0.1, 0.15) is 30.3 Å². The summed E-state index contributed by atoms with van der Waals surface area (Å²) < 4.78 is 0. The third-order valence-electron chi connectivity index (χ3n) is 2.91. The third-order valence-corrected chi connectivity index (χ3v) is 2.91. The summed E-state index contributed by atoms with van der Waals surface area (Å²) in [6.45, 7) is 4.68. The Kier molecular flexibility index (Phi) is 3.51. The molecule has 88 valence electrons. The Balaban J connectivity index is 1.87. The van der Waals surface area contributed by atoms with E-state index in [0.29, 0.717) is 11.7 Å². The van der Waals surface area contributed by atoms with Gasteiger partial charge in [-0.3, -0.25) is 4.79 Å². The van der Waals surface area contributed by atoms with Gasteiger partial charge >= 0.3 is 0 Å². The number of H-pyrrole nitrogens is 1. The van der Waals surface area contributed by atoms with Crippen molar-refractivity contribution in [1.29, 1.82) is 0 Å². The Labute approximate surface area is 94.4 Å². The van der Waals surface area contributed by atoms with Crippen molar-refractivity contribution in [2.24, 2.45) is 0 Å². The van der Waals surface area contributed by atoms with Crippen LogP contribution < -0.4 is 5.32 Å². The molecule has 1 aromatic heterocycles. The van der Waals surface area contributed by atoms with Gasteiger partial charge in [-0.05, 0) is 19.4 Å². The van der Waals surface area contributed by atoms with E-state index >= 15 is 0 Å². The van der Waals surface area contributed by atoms with Crippen LogP contribution in [0, 0.1) is 0 Å². The van der Waals surface area contributed by atoms with Gasteiger partial charge in [-0.15, -0.1) is 0 Å². The van der Waals surface area contributed by atoms with E-state index in [1.165, 1.54) is 6.20 Å². The SMILES string of the molecule is CCNC1CCN(C(=O)c2cn[nH]n2)CC1. The van der Waals surface area contributed by atoms with Crippen LogP contribution in [0.3, 0.4) is 0 Å². The zero-order chi connectivity index (χ0) is 11.4. The molecular weight excluding hydrogens is 206 g/mol. The third kappa shape index (κ3) is 2.38. The number of hydrogen-bond donors (Lipinski definition) is 2. The lowest BCUT2D eigenvalue weighted by atomic mass is 10.0. The largest absolute Gasteiger partial charge is 0.337 e. The first-order valence-electron chi connectivity index (χ1n) is 5.69. The fraction of sp³-hybridized carbons (Fsp3) is 0.700. The summed E-state index contributed by atoms with van der Waals surface area (Å²) >= 11 is 0. The number of piperidine rings is 1. The van der Waals surface area contributed by atoms with E-state index < -0.39 is 0 Å². The van der Waals surface area contributed by atoms with Crippen LogP contribution in [0.15, 0.2) is 6.20 Å². The van der Waals surface area contributed by atoms with Crippen LogP contribution in [0.2, 0.25) is 0 Å². The minimum Gasteiger partial charge on any atom is -0.337 e. The lowest BCUT2D eigenvalue weighted by Gasteiger charge is -2.31. The van der Waals surface area contributed by atoms with Gasteiger partial charge < -0.3 is 10.2 Å². The molecule has 2 N–H and O–H groups in total. The number of nitrogens with one attached hydrogen (secondary N) is 2. The number of nitrogens with zero attached hydrogens (tertiary/aromatic N) is 3. The number of carbonyl (C=O) groups is 1. The molecule has 0 aromatic carbocycles. The predicted molar refractivity (Wildman–Crippen MR) is 59.0 cm³/mol. The summed E-state index contributed by atoms with van der Waals surface area (Å²) in [4.78, 5) is 13.7. The highest BCUT2D eigenvalue weighted by atomic mass is 16.2. The van der Waals surface area contributed by atoms with Crippen molar-refractivity contribution in [3.05, 3.63) is 11.9 Å². The number of carbonyl (C=O) groups excluding carboxylic acids is 1. The van der Waals surface area contributed by atoms with E-state index in [1.807, 2.05) is 4.90 Å². The van der Waals surface area contributed by atoms with Crippen molar-refractivity contribution in [3.63, 3.8) is 0 Å². The molecule has 0 atom stereocenters. The highest BCUT2D eigenvalue weighted by Gasteiger charge is 2.24. The Bertz CT molecular complexity index is 329. The molecule has 2 heterocycles. The molecule has 16 heavy (non-hydrogen) atoms. The Morgan fingerprint density at radius 3 is 2.94 bits per heavy atom. The molecule has 2 rings (SSSR count). The molecule has 1 saturated heterocycles. The van der Waals surface area contributed by atoms with Gasteiger partial charge in [0.05, 0.1) is 6.20 Å². The average Bonchev–Trinajstić information content (AvgIpc) is 2.83. The van der Waals surface area contributed by atoms with Crippen molar-refractivity contribution >= 4 is 5.91 Å². The molecule has 1 aliphatic rings. The molecule has 0 unspecified atom stereocenters. The molecule has 6 nitrogen and oxygen atoms in total. The first-order chi connectivity index (χ1) is 7.81. The number of likely N-dealkylation sites (tertiary alicyclic amines) is 1. The van der Waals surface area contributed by atoms with E-state index in [2.05, 4.69) is 27.7 Å². The van der Waals surface area contributed by atoms with Crippen LogP contribution in [-0.4, -0.2) is 51.9 Å². The maximum Gasteiger partial charge on any atom is 0.276 e. The molecule has 0 saturated carbocycles. The van der Waals surface area contributed by atoms with E-state index in [9.17, 15) is 4.79 Å². The number of rotatable bonds is 3. The van der Waals surface area contributed by atoms with Crippen LogP contribution in [0.5, 0.6) is 0 Å². The zero-order valence-corrected chi connectivity index (χ0v) is 9.44. The van der Waals surface area contributed by atoms with Crippen molar-refractivity contribution in [2.75, 3.05) is 19.6 Å². The normalized spacial score (nSPS) is 17.7. The maximum absolute atomic E-state index is 11.9. The molecule has 6 heteroatoms. The standard InChI is InChI=1S/C10H17N5O/c1-2-11-8-3-5-15(6-4-8)10(16)9-7-12-14-13-9/h7-8,11H,2-6H2,1H3,(H,12,13,14). The summed E-state index contributed by atoms with van der Waals surface area (Å²) in [6, 6.07) is 0.548. The summed E-state index contributed by atoms with van der Waals surface area (Å²) in [7, 11) is 0. The van der Waals surface area contributed by atoms with E-state index in [1.54, 1.807) is 0 Å². The fourth-order valence-electron chi connectivity index (χ4n) is 2.04. The van der Waals surface area contributed by atoms with Gasteiger partial charge in [-0.1, -0.05) is 6.92 Å². The van der Waals surface area contributed by atoms with Crippen LogP contribution in [0.4, 0.5) is 0 Å². The molecule has 1 fully saturated rings. The maximum atomic E-state index is 11.9. The van der Waals surface area contributed by atoms with Gasteiger partial charge in [-0.2, -0.15) is 15.4 Å².